The molecule has 32 heavy (non-hydrogen) atoms. The van der Waals surface area contributed by atoms with Crippen molar-refractivity contribution in [1.82, 2.24) is 30.3 Å². The van der Waals surface area contributed by atoms with E-state index in [-0.39, 0.29) is 0 Å². The molecular weight excluding hydrogens is 493 g/mol. The van der Waals surface area contributed by atoms with Gasteiger partial charge in [-0.25, -0.2) is 10.2 Å². The lowest BCUT2D eigenvalue weighted by atomic mass is 10.5. The molecule has 4 rings (SSSR count). The van der Waals surface area contributed by atoms with Crippen LogP contribution in [0.2, 0.25) is 0 Å². The molecule has 4 saturated heterocycles. The maximum Gasteiger partial charge on any atom is 0.178 e. The zero-order valence-corrected chi connectivity index (χ0v) is 21.5. The molecule has 4 aliphatic rings. The fourth-order valence-corrected chi connectivity index (χ4v) is 6.57. The third kappa shape index (κ3) is 6.86. The summed E-state index contributed by atoms with van der Waals surface area (Å²) in [5.74, 6) is 0. The molecule has 10 nitrogen and oxygen atoms in total. The van der Waals surface area contributed by atoms with Crippen LogP contribution < -0.4 is 0 Å². The highest BCUT2D eigenvalue weighted by molar-refractivity contribution is 8.89. The van der Waals surface area contributed by atoms with Crippen molar-refractivity contribution in [2.24, 2.45) is 0 Å². The molecule has 0 N–H and O–H groups in total. The Morgan fingerprint density at radius 2 is 0.688 bits per heavy atom. The molecule has 0 aromatic carbocycles. The fraction of sp³-hybridized carbons (Fsp3) is 0.889. The van der Waals surface area contributed by atoms with Crippen molar-refractivity contribution in [3.63, 3.8) is 0 Å². The van der Waals surface area contributed by atoms with Crippen LogP contribution in [0.5, 0.6) is 0 Å². The van der Waals surface area contributed by atoms with E-state index >= 15 is 0 Å². The van der Waals surface area contributed by atoms with E-state index in [1.807, 2.05) is 0 Å². The van der Waals surface area contributed by atoms with Crippen molar-refractivity contribution in [1.29, 1.82) is 0 Å². The highest BCUT2D eigenvalue weighted by Crippen LogP contribution is 2.32. The third-order valence-corrected chi connectivity index (χ3v) is 8.88. The van der Waals surface area contributed by atoms with E-state index < -0.39 is 0 Å². The normalized spacial score (nSPS) is 24.9. The Balaban J connectivity index is 1.39. The number of hydrogen-bond acceptors (Lipinski definition) is 12. The van der Waals surface area contributed by atoms with Crippen molar-refractivity contribution in [3.05, 3.63) is 0 Å². The number of rotatable bonds is 4. The number of nitrogens with zero attached hydrogens (tertiary/aromatic N) is 6. The number of thiocarbonyl (C=S) groups is 2. The molecule has 0 amide bonds. The van der Waals surface area contributed by atoms with E-state index in [0.29, 0.717) is 52.9 Å². The van der Waals surface area contributed by atoms with Gasteiger partial charge in [0.25, 0.3) is 0 Å². The van der Waals surface area contributed by atoms with Crippen molar-refractivity contribution < 1.29 is 18.9 Å². The first-order valence-electron chi connectivity index (χ1n) is 11.1. The van der Waals surface area contributed by atoms with Gasteiger partial charge in [0.05, 0.1) is 52.9 Å². The van der Waals surface area contributed by atoms with Crippen LogP contribution in [0.4, 0.5) is 0 Å². The lowest BCUT2D eigenvalue weighted by molar-refractivity contribution is -0.176. The van der Waals surface area contributed by atoms with Gasteiger partial charge < -0.3 is 18.9 Å². The zero-order chi connectivity index (χ0) is 22.2. The average molecular weight is 525 g/mol. The number of hydrazine groups is 4. The second-order valence-corrected chi connectivity index (χ2v) is 10.9. The molecule has 182 valence electrons. The standard InChI is InChI=1S/C18H32N6O4S4/c29-17(23(19-1-9-25-10-2-19)20-3-11-26-12-4-20)31-32-18(30)24(21-5-13-27-14-6-21)22-7-15-28-16-8-22/h1-16H2. The SMILES string of the molecule is S=C(SSC(=S)N(N1CCOCC1)N1CCOCC1)N(N1CCOCC1)N1CCOCC1. The maximum atomic E-state index is 5.91. The topological polar surface area (TPSA) is 56.4 Å². The molecule has 4 aliphatic heterocycles. The minimum Gasteiger partial charge on any atom is -0.379 e. The first-order chi connectivity index (χ1) is 15.7. The van der Waals surface area contributed by atoms with Crippen LogP contribution in [0.15, 0.2) is 0 Å². The molecule has 0 aromatic heterocycles. The zero-order valence-electron chi connectivity index (χ0n) is 18.3. The lowest BCUT2D eigenvalue weighted by Crippen LogP contribution is -2.61. The second kappa shape index (κ2) is 13.3. The van der Waals surface area contributed by atoms with E-state index in [1.165, 1.54) is 0 Å². The first kappa shape index (κ1) is 25.3. The van der Waals surface area contributed by atoms with E-state index in [1.54, 1.807) is 21.6 Å². The smallest absolute Gasteiger partial charge is 0.178 e. The summed E-state index contributed by atoms with van der Waals surface area (Å²) in [6, 6.07) is 0. The van der Waals surface area contributed by atoms with E-state index in [0.717, 1.165) is 61.0 Å². The molecule has 4 heterocycles. The minimum absolute atomic E-state index is 0.710. The summed E-state index contributed by atoms with van der Waals surface area (Å²) < 4.78 is 23.8. The Bertz CT molecular complexity index is 526. The highest BCUT2D eigenvalue weighted by atomic mass is 33.1. The summed E-state index contributed by atoms with van der Waals surface area (Å²) in [4.78, 5) is 0. The molecule has 0 radical (unpaired) electrons. The quantitative estimate of drug-likeness (QED) is 0.380. The molecule has 0 unspecified atom stereocenters. The van der Waals surface area contributed by atoms with Crippen molar-refractivity contribution >= 4 is 54.7 Å². The Morgan fingerprint density at radius 3 is 0.906 bits per heavy atom. The van der Waals surface area contributed by atoms with Crippen molar-refractivity contribution in [2.45, 2.75) is 0 Å². The maximum absolute atomic E-state index is 5.91. The summed E-state index contributed by atoms with van der Waals surface area (Å²) in [5, 5.41) is 13.4. The molecule has 0 aliphatic carbocycles. The van der Waals surface area contributed by atoms with E-state index in [9.17, 15) is 0 Å². The molecule has 0 spiro atoms. The molecule has 0 aromatic rings. The Hall–Kier alpha value is 0.160. The van der Waals surface area contributed by atoms with Crippen molar-refractivity contribution in [3.8, 4) is 0 Å². The summed E-state index contributed by atoms with van der Waals surface area (Å²) in [6.45, 7) is 12.2. The second-order valence-electron chi connectivity index (χ2n) is 7.54. The number of morpholine rings is 4. The Morgan fingerprint density at radius 1 is 0.469 bits per heavy atom. The minimum atomic E-state index is 0.710. The van der Waals surface area contributed by atoms with Gasteiger partial charge >= 0.3 is 0 Å². The van der Waals surface area contributed by atoms with Gasteiger partial charge in [0.1, 0.15) is 0 Å². The van der Waals surface area contributed by atoms with E-state index in [2.05, 4.69) is 30.3 Å². The van der Waals surface area contributed by atoms with E-state index in [4.69, 9.17) is 43.4 Å². The Kier molecular flexibility index (Phi) is 10.5. The molecule has 4 fully saturated rings. The summed E-state index contributed by atoms with van der Waals surface area (Å²) in [7, 11) is 3.09. The first-order valence-corrected chi connectivity index (χ1v) is 14.0. The van der Waals surface area contributed by atoms with Crippen LogP contribution in [0, 0.1) is 0 Å². The summed E-state index contributed by atoms with van der Waals surface area (Å²) in [6.07, 6.45) is 0. The van der Waals surface area contributed by atoms with Gasteiger partial charge in [-0.15, -0.1) is 0 Å². The molecule has 0 bridgehead atoms. The van der Waals surface area contributed by atoms with Crippen molar-refractivity contribution in [2.75, 3.05) is 105 Å². The van der Waals surface area contributed by atoms with Crippen LogP contribution in [0.3, 0.4) is 0 Å². The van der Waals surface area contributed by atoms with Crippen LogP contribution in [0.25, 0.3) is 0 Å². The summed E-state index contributed by atoms with van der Waals surface area (Å²) >= 11 is 11.8. The van der Waals surface area contributed by atoms with Crippen LogP contribution in [-0.4, -0.2) is 144 Å². The Labute approximate surface area is 208 Å². The molecule has 14 heteroatoms. The van der Waals surface area contributed by atoms with Gasteiger partial charge in [-0.1, -0.05) is 0 Å². The molecule has 0 saturated carbocycles. The van der Waals surface area contributed by atoms with Gasteiger partial charge in [0, 0.05) is 52.4 Å². The predicted octanol–water partition coefficient (Wildman–Crippen LogP) is 0.530. The van der Waals surface area contributed by atoms with Crippen LogP contribution in [0.1, 0.15) is 0 Å². The highest BCUT2D eigenvalue weighted by Gasteiger charge is 2.32. The van der Waals surface area contributed by atoms with Gasteiger partial charge in [-0.2, -0.15) is 20.0 Å². The summed E-state index contributed by atoms with van der Waals surface area (Å²) in [5.41, 5.74) is 0. The number of ether oxygens (including phenoxy) is 4. The third-order valence-electron chi connectivity index (χ3n) is 5.53. The monoisotopic (exact) mass is 524 g/mol. The van der Waals surface area contributed by atoms with Gasteiger partial charge in [0.2, 0.25) is 0 Å². The van der Waals surface area contributed by atoms with Crippen LogP contribution in [-0.2, 0) is 18.9 Å². The lowest BCUT2D eigenvalue weighted by Gasteiger charge is -2.46. The number of hydrogen-bond donors (Lipinski definition) is 0. The van der Waals surface area contributed by atoms with Gasteiger partial charge in [-0.05, 0) is 46.0 Å². The predicted molar refractivity (Wildman–Crippen MR) is 134 cm³/mol. The van der Waals surface area contributed by atoms with Gasteiger partial charge in [-0.3, -0.25) is 0 Å². The van der Waals surface area contributed by atoms with Crippen LogP contribution >= 0.6 is 46.0 Å². The average Bonchev–Trinajstić information content (AvgIpc) is 2.86. The largest absolute Gasteiger partial charge is 0.379 e. The molecular formula is C18H32N6O4S4. The van der Waals surface area contributed by atoms with Gasteiger partial charge in [0.15, 0.2) is 8.64 Å². The molecule has 0 atom stereocenters. The fourth-order valence-electron chi connectivity index (χ4n) is 3.93.